The summed E-state index contributed by atoms with van der Waals surface area (Å²) >= 11 is 0. The van der Waals surface area contributed by atoms with E-state index in [-0.39, 0.29) is 16.7 Å². The quantitative estimate of drug-likeness (QED) is 0.873. The van der Waals surface area contributed by atoms with E-state index >= 15 is 0 Å². The van der Waals surface area contributed by atoms with Gasteiger partial charge in [0.25, 0.3) is 0 Å². The number of carboxylic acid groups (broad SMARTS) is 1. The SMILES string of the molecule is O=C(O)[C@@H]1CC2(CCN(C(=O)C3(c4ccccc4)CCCC3)CC2)CN1. The molecule has 1 aromatic carbocycles. The molecule has 0 unspecified atom stereocenters. The van der Waals surface area contributed by atoms with Crippen molar-refractivity contribution < 1.29 is 14.7 Å². The predicted octanol–water partition coefficient (Wildman–Crippen LogP) is 2.55. The van der Waals surface area contributed by atoms with Crippen LogP contribution in [-0.2, 0) is 15.0 Å². The number of aliphatic carboxylic acids is 1. The largest absolute Gasteiger partial charge is 0.480 e. The Balaban J connectivity index is 1.47. The van der Waals surface area contributed by atoms with Gasteiger partial charge in [0.05, 0.1) is 5.41 Å². The van der Waals surface area contributed by atoms with Crippen LogP contribution in [0.15, 0.2) is 30.3 Å². The van der Waals surface area contributed by atoms with Gasteiger partial charge in [0.15, 0.2) is 0 Å². The zero-order valence-corrected chi connectivity index (χ0v) is 15.2. The molecule has 1 aromatic rings. The molecule has 1 spiro atoms. The lowest BCUT2D eigenvalue weighted by Gasteiger charge is -2.42. The molecule has 0 bridgehead atoms. The van der Waals surface area contributed by atoms with Gasteiger partial charge in [-0.1, -0.05) is 43.2 Å². The summed E-state index contributed by atoms with van der Waals surface area (Å²) in [6, 6.07) is 9.85. The number of likely N-dealkylation sites (tertiary alicyclic amines) is 1. The first kappa shape index (κ1) is 17.5. The molecular formula is C21H28N2O3. The maximum atomic E-state index is 13.5. The number of benzene rings is 1. The van der Waals surface area contributed by atoms with Crippen LogP contribution in [0.2, 0.25) is 0 Å². The summed E-state index contributed by atoms with van der Waals surface area (Å²) in [7, 11) is 0. The number of hydrogen-bond donors (Lipinski definition) is 2. The van der Waals surface area contributed by atoms with Crippen LogP contribution in [0.25, 0.3) is 0 Å². The molecule has 2 heterocycles. The van der Waals surface area contributed by atoms with Gasteiger partial charge in [-0.05, 0) is 43.1 Å². The molecule has 2 aliphatic heterocycles. The van der Waals surface area contributed by atoms with Crippen molar-refractivity contribution in [3.8, 4) is 0 Å². The Bertz CT molecular complexity index is 674. The van der Waals surface area contributed by atoms with Crippen LogP contribution >= 0.6 is 0 Å². The molecule has 1 saturated carbocycles. The van der Waals surface area contributed by atoms with Crippen molar-refractivity contribution in [1.29, 1.82) is 0 Å². The standard InChI is InChI=1S/C21H28N2O3/c24-18(25)17-14-20(15-22-17)10-12-23(13-11-20)19(26)21(8-4-5-9-21)16-6-2-1-3-7-16/h1-3,6-7,17,22H,4-5,8-15H2,(H,24,25)/t17-/m0/s1. The Morgan fingerprint density at radius 3 is 2.27 bits per heavy atom. The van der Waals surface area contributed by atoms with Crippen LogP contribution in [0.3, 0.4) is 0 Å². The molecule has 0 aromatic heterocycles. The second-order valence-electron chi connectivity index (χ2n) is 8.42. The summed E-state index contributed by atoms with van der Waals surface area (Å²) < 4.78 is 0. The Hall–Kier alpha value is -1.88. The van der Waals surface area contributed by atoms with Crippen molar-refractivity contribution >= 4 is 11.9 Å². The maximum absolute atomic E-state index is 13.5. The third kappa shape index (κ3) is 2.92. The van der Waals surface area contributed by atoms with Gasteiger partial charge in [-0.25, -0.2) is 0 Å². The van der Waals surface area contributed by atoms with Crippen LogP contribution in [0, 0.1) is 5.41 Å². The molecule has 3 fully saturated rings. The highest BCUT2D eigenvalue weighted by atomic mass is 16.4. The molecule has 2 N–H and O–H groups in total. The molecule has 0 radical (unpaired) electrons. The smallest absolute Gasteiger partial charge is 0.320 e. The van der Waals surface area contributed by atoms with E-state index in [0.29, 0.717) is 6.42 Å². The number of nitrogens with zero attached hydrogens (tertiary/aromatic N) is 1. The van der Waals surface area contributed by atoms with E-state index in [2.05, 4.69) is 22.3 Å². The van der Waals surface area contributed by atoms with Crippen LogP contribution in [0.1, 0.15) is 50.5 Å². The first-order valence-electron chi connectivity index (χ1n) is 9.86. The monoisotopic (exact) mass is 356 g/mol. The average molecular weight is 356 g/mol. The molecule has 2 saturated heterocycles. The molecule has 140 valence electrons. The normalized spacial score (nSPS) is 26.9. The van der Waals surface area contributed by atoms with E-state index in [0.717, 1.165) is 63.7 Å². The zero-order valence-electron chi connectivity index (χ0n) is 15.2. The minimum absolute atomic E-state index is 0.0510. The minimum Gasteiger partial charge on any atom is -0.480 e. The van der Waals surface area contributed by atoms with Gasteiger partial charge in [-0.15, -0.1) is 0 Å². The predicted molar refractivity (Wildman–Crippen MR) is 98.9 cm³/mol. The van der Waals surface area contributed by atoms with E-state index < -0.39 is 12.0 Å². The molecule has 1 atom stereocenters. The number of carbonyl (C=O) groups is 2. The van der Waals surface area contributed by atoms with Crippen LogP contribution in [0.5, 0.6) is 0 Å². The highest BCUT2D eigenvalue weighted by molar-refractivity contribution is 5.88. The van der Waals surface area contributed by atoms with Gasteiger partial charge in [0.1, 0.15) is 6.04 Å². The van der Waals surface area contributed by atoms with Gasteiger partial charge in [-0.3, -0.25) is 9.59 Å². The fourth-order valence-corrected chi connectivity index (χ4v) is 5.32. The molecule has 4 rings (SSSR count). The molecule has 1 amide bonds. The molecule has 3 aliphatic rings. The third-order valence-corrected chi connectivity index (χ3v) is 6.96. The van der Waals surface area contributed by atoms with Gasteiger partial charge >= 0.3 is 5.97 Å². The van der Waals surface area contributed by atoms with Crippen LogP contribution < -0.4 is 5.32 Å². The Morgan fingerprint density at radius 2 is 1.69 bits per heavy atom. The second-order valence-corrected chi connectivity index (χ2v) is 8.42. The Morgan fingerprint density at radius 1 is 1.04 bits per heavy atom. The van der Waals surface area contributed by atoms with Crippen LogP contribution in [-0.4, -0.2) is 47.6 Å². The molecule has 5 heteroatoms. The van der Waals surface area contributed by atoms with Crippen molar-refractivity contribution in [2.24, 2.45) is 5.41 Å². The number of amides is 1. The lowest BCUT2D eigenvalue weighted by atomic mass is 9.74. The van der Waals surface area contributed by atoms with E-state index in [9.17, 15) is 14.7 Å². The fourth-order valence-electron chi connectivity index (χ4n) is 5.32. The van der Waals surface area contributed by atoms with Crippen molar-refractivity contribution in [3.63, 3.8) is 0 Å². The summed E-state index contributed by atoms with van der Waals surface area (Å²) in [5.41, 5.74) is 0.870. The van der Waals surface area contributed by atoms with Gasteiger partial charge in [-0.2, -0.15) is 0 Å². The summed E-state index contributed by atoms with van der Waals surface area (Å²) in [5.74, 6) is -0.467. The second kappa shape index (κ2) is 6.69. The van der Waals surface area contributed by atoms with Crippen molar-refractivity contribution in [3.05, 3.63) is 35.9 Å². The number of carbonyl (C=O) groups excluding carboxylic acids is 1. The number of hydrogen-bond acceptors (Lipinski definition) is 3. The topological polar surface area (TPSA) is 69.6 Å². The third-order valence-electron chi connectivity index (χ3n) is 6.96. The lowest BCUT2D eigenvalue weighted by Crippen LogP contribution is -2.51. The molecular weight excluding hydrogens is 328 g/mol. The van der Waals surface area contributed by atoms with Gasteiger partial charge in [0, 0.05) is 19.6 Å². The van der Waals surface area contributed by atoms with E-state index in [4.69, 9.17) is 0 Å². The molecule has 26 heavy (non-hydrogen) atoms. The van der Waals surface area contributed by atoms with Gasteiger partial charge in [0.2, 0.25) is 5.91 Å². The number of carboxylic acids is 1. The first-order valence-corrected chi connectivity index (χ1v) is 9.86. The number of nitrogens with one attached hydrogen (secondary N) is 1. The zero-order chi connectivity index (χ0) is 18.2. The van der Waals surface area contributed by atoms with Crippen molar-refractivity contribution in [2.75, 3.05) is 19.6 Å². The number of piperidine rings is 1. The van der Waals surface area contributed by atoms with Crippen LogP contribution in [0.4, 0.5) is 0 Å². The van der Waals surface area contributed by atoms with E-state index in [1.165, 1.54) is 0 Å². The lowest BCUT2D eigenvalue weighted by molar-refractivity contribution is -0.141. The van der Waals surface area contributed by atoms with E-state index in [1.807, 2.05) is 18.2 Å². The Labute approximate surface area is 154 Å². The maximum Gasteiger partial charge on any atom is 0.320 e. The first-order chi connectivity index (χ1) is 12.5. The van der Waals surface area contributed by atoms with Gasteiger partial charge < -0.3 is 15.3 Å². The summed E-state index contributed by atoms with van der Waals surface area (Å²) in [4.78, 5) is 26.8. The fraction of sp³-hybridized carbons (Fsp3) is 0.619. The molecule has 1 aliphatic carbocycles. The average Bonchev–Trinajstić information content (AvgIpc) is 3.31. The summed E-state index contributed by atoms with van der Waals surface area (Å²) in [6.45, 7) is 2.26. The Kier molecular flexibility index (Phi) is 4.51. The highest BCUT2D eigenvalue weighted by Gasteiger charge is 2.48. The van der Waals surface area contributed by atoms with Crippen molar-refractivity contribution in [2.45, 2.75) is 56.4 Å². The molecule has 5 nitrogen and oxygen atoms in total. The minimum atomic E-state index is -0.755. The highest BCUT2D eigenvalue weighted by Crippen LogP contribution is 2.45. The summed E-state index contributed by atoms with van der Waals surface area (Å²) in [6.07, 6.45) is 6.61. The van der Waals surface area contributed by atoms with Crippen molar-refractivity contribution in [1.82, 2.24) is 10.2 Å². The van der Waals surface area contributed by atoms with E-state index in [1.54, 1.807) is 0 Å². The summed E-state index contributed by atoms with van der Waals surface area (Å²) in [5, 5.41) is 12.4. The number of rotatable bonds is 3.